The predicted octanol–water partition coefficient (Wildman–Crippen LogP) is 4.71. The minimum absolute atomic E-state index is 0.153. The summed E-state index contributed by atoms with van der Waals surface area (Å²) < 4.78 is 0.153. The Kier molecular flexibility index (Phi) is 10.3. The van der Waals surface area contributed by atoms with Gasteiger partial charge < -0.3 is 0 Å². The molecule has 2 atom stereocenters. The van der Waals surface area contributed by atoms with Crippen molar-refractivity contribution in [2.75, 3.05) is 0 Å². The molecule has 92 valence electrons. The van der Waals surface area contributed by atoms with Crippen molar-refractivity contribution < 1.29 is 9.78 Å². The third-order valence-electron chi connectivity index (χ3n) is 2.30. The van der Waals surface area contributed by atoms with Crippen molar-refractivity contribution in [3.63, 3.8) is 0 Å². The Morgan fingerprint density at radius 3 is 2.20 bits per heavy atom. The van der Waals surface area contributed by atoms with Crippen LogP contribution in [0.5, 0.6) is 0 Å². The molecule has 0 fully saturated rings. The van der Waals surface area contributed by atoms with Gasteiger partial charge in [-0.25, -0.2) is 9.78 Å². The van der Waals surface area contributed by atoms with E-state index in [9.17, 15) is 0 Å². The third kappa shape index (κ3) is 9.57. The van der Waals surface area contributed by atoms with Gasteiger partial charge in [0.2, 0.25) is 0 Å². The van der Waals surface area contributed by atoms with Crippen molar-refractivity contribution in [2.24, 2.45) is 5.92 Å². The molecule has 0 saturated heterocycles. The molecule has 3 heteroatoms. The Bertz CT molecular complexity index is 140. The molecular weight excluding hydrogens is 303 g/mol. The van der Waals surface area contributed by atoms with Gasteiger partial charge in [0.15, 0.2) is 0 Å². The topological polar surface area (TPSA) is 18.5 Å². The molecule has 0 aliphatic rings. The molecule has 0 aromatic carbocycles. The highest BCUT2D eigenvalue weighted by molar-refractivity contribution is 14.1. The monoisotopic (exact) mass is 328 g/mol. The lowest BCUT2D eigenvalue weighted by molar-refractivity contribution is -0.331. The van der Waals surface area contributed by atoms with E-state index >= 15 is 0 Å². The van der Waals surface area contributed by atoms with E-state index in [1.807, 2.05) is 0 Å². The van der Waals surface area contributed by atoms with Crippen LogP contribution in [0.25, 0.3) is 0 Å². The Balaban J connectivity index is 3.36. The molecule has 0 amide bonds. The Labute approximate surface area is 108 Å². The van der Waals surface area contributed by atoms with Gasteiger partial charge in [-0.15, -0.1) is 0 Å². The van der Waals surface area contributed by atoms with E-state index in [1.54, 1.807) is 0 Å². The molecule has 15 heavy (non-hydrogen) atoms. The van der Waals surface area contributed by atoms with E-state index in [-0.39, 0.29) is 10.2 Å². The van der Waals surface area contributed by atoms with E-state index in [0.717, 1.165) is 6.42 Å². The zero-order valence-corrected chi connectivity index (χ0v) is 12.6. The highest BCUT2D eigenvalue weighted by atomic mass is 127. The molecule has 0 aromatic heterocycles. The number of alkyl halides is 1. The molecule has 2 nitrogen and oxygen atoms in total. The van der Waals surface area contributed by atoms with Gasteiger partial charge in [-0.1, -0.05) is 46.5 Å². The number of hydrogen-bond donors (Lipinski definition) is 0. The molecule has 0 spiro atoms. The number of hydrogen-bond acceptors (Lipinski definition) is 2. The zero-order chi connectivity index (χ0) is 11.7. The van der Waals surface area contributed by atoms with Gasteiger partial charge in [-0.3, -0.25) is 0 Å². The molecular formula is C12H25IO2. The Hall–Kier alpha value is 0.650. The van der Waals surface area contributed by atoms with Crippen LogP contribution in [0, 0.1) is 5.92 Å². The summed E-state index contributed by atoms with van der Waals surface area (Å²) >= 11 is 2.27. The largest absolute Gasteiger partial charge is 0.233 e. The number of unbranched alkanes of at least 4 members (excludes halogenated alkanes) is 3. The van der Waals surface area contributed by atoms with E-state index in [1.165, 1.54) is 25.7 Å². The van der Waals surface area contributed by atoms with Crippen molar-refractivity contribution in [3.8, 4) is 0 Å². The summed E-state index contributed by atoms with van der Waals surface area (Å²) in [6.07, 6.45) is 6.48. The Morgan fingerprint density at radius 1 is 1.00 bits per heavy atom. The summed E-state index contributed by atoms with van der Waals surface area (Å²) in [5.74, 6) is 0.498. The first-order chi connectivity index (χ1) is 7.07. The van der Waals surface area contributed by atoms with Gasteiger partial charge >= 0.3 is 0 Å². The van der Waals surface area contributed by atoms with Crippen molar-refractivity contribution >= 4 is 22.6 Å². The third-order valence-corrected chi connectivity index (χ3v) is 3.95. The second-order valence-corrected chi connectivity index (χ2v) is 5.68. The van der Waals surface area contributed by atoms with Gasteiger partial charge in [0.25, 0.3) is 0 Å². The number of halogens is 1. The van der Waals surface area contributed by atoms with Crippen LogP contribution >= 0.6 is 22.6 Å². The first kappa shape index (κ1) is 15.7. The van der Waals surface area contributed by atoms with Crippen LogP contribution in [0.2, 0.25) is 0 Å². The van der Waals surface area contributed by atoms with Gasteiger partial charge in [-0.05, 0) is 41.9 Å². The maximum atomic E-state index is 5.34. The molecule has 0 heterocycles. The van der Waals surface area contributed by atoms with Crippen molar-refractivity contribution in [3.05, 3.63) is 0 Å². The van der Waals surface area contributed by atoms with Crippen LogP contribution in [-0.2, 0) is 9.78 Å². The molecule has 0 aromatic rings. The number of rotatable bonds is 9. The lowest BCUT2D eigenvalue weighted by Gasteiger charge is -2.17. The summed E-state index contributed by atoms with van der Waals surface area (Å²) in [6, 6.07) is 0. The standard InChI is InChI=1S/C12H25IO2/c1-5-6-7-8-9-11(4)14-15-12(13)10(2)3/h10-12H,5-9H2,1-4H3. The normalized spacial score (nSPS) is 15.6. The second kappa shape index (κ2) is 9.85. The van der Waals surface area contributed by atoms with Gasteiger partial charge in [0.1, 0.15) is 4.11 Å². The maximum Gasteiger partial charge on any atom is 0.146 e. The molecule has 0 N–H and O–H groups in total. The second-order valence-electron chi connectivity index (χ2n) is 4.45. The maximum absolute atomic E-state index is 5.34. The van der Waals surface area contributed by atoms with Gasteiger partial charge in [-0.2, -0.15) is 0 Å². The quantitative estimate of drug-likeness (QED) is 0.201. The molecule has 0 radical (unpaired) electrons. The van der Waals surface area contributed by atoms with Crippen molar-refractivity contribution in [1.29, 1.82) is 0 Å². The van der Waals surface area contributed by atoms with Crippen molar-refractivity contribution in [1.82, 2.24) is 0 Å². The highest BCUT2D eigenvalue weighted by Crippen LogP contribution is 2.16. The smallest absolute Gasteiger partial charge is 0.146 e. The van der Waals surface area contributed by atoms with Crippen LogP contribution in [-0.4, -0.2) is 10.2 Å². The van der Waals surface area contributed by atoms with Gasteiger partial charge in [0, 0.05) is 0 Å². The fourth-order valence-electron chi connectivity index (χ4n) is 1.17. The first-order valence-electron chi connectivity index (χ1n) is 6.04. The SMILES string of the molecule is CCCCCCC(C)OOC(I)C(C)C. The average Bonchev–Trinajstić information content (AvgIpc) is 2.20. The lowest BCUT2D eigenvalue weighted by Crippen LogP contribution is -2.17. The van der Waals surface area contributed by atoms with Crippen LogP contribution in [0.3, 0.4) is 0 Å². The molecule has 2 unspecified atom stereocenters. The van der Waals surface area contributed by atoms with Crippen LogP contribution in [0.4, 0.5) is 0 Å². The van der Waals surface area contributed by atoms with Crippen LogP contribution in [0.1, 0.15) is 59.8 Å². The summed E-state index contributed by atoms with van der Waals surface area (Å²) in [7, 11) is 0. The summed E-state index contributed by atoms with van der Waals surface area (Å²) in [4.78, 5) is 10.6. The molecule has 0 aliphatic heterocycles. The van der Waals surface area contributed by atoms with E-state index < -0.39 is 0 Å². The molecule has 0 aliphatic carbocycles. The molecule has 0 bridgehead atoms. The van der Waals surface area contributed by atoms with E-state index in [0.29, 0.717) is 5.92 Å². The predicted molar refractivity (Wildman–Crippen MR) is 73.0 cm³/mol. The van der Waals surface area contributed by atoms with E-state index in [2.05, 4.69) is 50.3 Å². The van der Waals surface area contributed by atoms with E-state index in [4.69, 9.17) is 9.78 Å². The molecule has 0 rings (SSSR count). The first-order valence-corrected chi connectivity index (χ1v) is 7.28. The summed E-state index contributed by atoms with van der Waals surface area (Å²) in [5, 5.41) is 0. The summed E-state index contributed by atoms with van der Waals surface area (Å²) in [6.45, 7) is 8.57. The minimum atomic E-state index is 0.153. The zero-order valence-electron chi connectivity index (χ0n) is 10.5. The molecule has 0 saturated carbocycles. The summed E-state index contributed by atoms with van der Waals surface area (Å²) in [5.41, 5.74) is 0. The Morgan fingerprint density at radius 2 is 1.67 bits per heavy atom. The van der Waals surface area contributed by atoms with Gasteiger partial charge in [0.05, 0.1) is 6.10 Å². The van der Waals surface area contributed by atoms with Crippen LogP contribution < -0.4 is 0 Å². The average molecular weight is 328 g/mol. The minimum Gasteiger partial charge on any atom is -0.233 e. The fraction of sp³-hybridized carbons (Fsp3) is 1.00. The van der Waals surface area contributed by atoms with Crippen LogP contribution in [0.15, 0.2) is 0 Å². The van der Waals surface area contributed by atoms with Crippen molar-refractivity contribution in [2.45, 2.75) is 70.0 Å². The highest BCUT2D eigenvalue weighted by Gasteiger charge is 2.12. The fourth-order valence-corrected chi connectivity index (χ4v) is 1.29. The lowest BCUT2D eigenvalue weighted by atomic mass is 10.1.